The Morgan fingerprint density at radius 2 is 2.18 bits per heavy atom. The third kappa shape index (κ3) is 3.51. The molecule has 1 aromatic carbocycles. The van der Waals surface area contributed by atoms with E-state index in [1.165, 1.54) is 0 Å². The average Bonchev–Trinajstić information content (AvgIpc) is 2.88. The van der Waals surface area contributed by atoms with Gasteiger partial charge in [0.05, 0.1) is 6.61 Å². The molecule has 0 unspecified atom stereocenters. The molecule has 0 radical (unpaired) electrons. The first-order chi connectivity index (χ1) is 10.4. The Kier molecular flexibility index (Phi) is 5.26. The topological polar surface area (TPSA) is 73.2 Å². The standard InChI is InChI=1S/C16H24N2O4/c1-4-22-14-7-5-6-11(15(14)19)9-18-10-12(17(2)3)8-13(18)16(20)21/h5-7,12-13,19H,4,8-10H2,1-3H3,(H,20,21)/t12-,13+/m1/s1. The van der Waals surface area contributed by atoms with Crippen molar-refractivity contribution in [2.75, 3.05) is 27.2 Å². The number of ether oxygens (including phenoxy) is 1. The van der Waals surface area contributed by atoms with Gasteiger partial charge in [0.25, 0.3) is 0 Å². The lowest BCUT2D eigenvalue weighted by atomic mass is 10.1. The molecular weight excluding hydrogens is 284 g/mol. The molecule has 2 rings (SSSR count). The van der Waals surface area contributed by atoms with E-state index in [1.54, 1.807) is 12.1 Å². The second kappa shape index (κ2) is 6.98. The van der Waals surface area contributed by atoms with Crippen molar-refractivity contribution in [3.63, 3.8) is 0 Å². The first-order valence-corrected chi connectivity index (χ1v) is 7.51. The van der Waals surface area contributed by atoms with E-state index in [-0.39, 0.29) is 11.8 Å². The molecule has 6 heteroatoms. The van der Waals surface area contributed by atoms with Crippen LogP contribution in [0.15, 0.2) is 18.2 Å². The van der Waals surface area contributed by atoms with Crippen LogP contribution in [-0.4, -0.2) is 65.3 Å². The van der Waals surface area contributed by atoms with Crippen LogP contribution >= 0.6 is 0 Å². The van der Waals surface area contributed by atoms with Gasteiger partial charge in [0.2, 0.25) is 0 Å². The number of likely N-dealkylation sites (tertiary alicyclic amines) is 1. The molecule has 122 valence electrons. The average molecular weight is 308 g/mol. The van der Waals surface area contributed by atoms with Crippen LogP contribution in [0.1, 0.15) is 18.9 Å². The van der Waals surface area contributed by atoms with Gasteiger partial charge in [-0.1, -0.05) is 12.1 Å². The summed E-state index contributed by atoms with van der Waals surface area (Å²) >= 11 is 0. The molecule has 1 heterocycles. The van der Waals surface area contributed by atoms with E-state index >= 15 is 0 Å². The highest BCUT2D eigenvalue weighted by atomic mass is 16.5. The maximum absolute atomic E-state index is 11.5. The van der Waals surface area contributed by atoms with E-state index in [9.17, 15) is 15.0 Å². The number of rotatable bonds is 6. The number of phenols is 1. The van der Waals surface area contributed by atoms with Crippen LogP contribution in [0.4, 0.5) is 0 Å². The monoisotopic (exact) mass is 308 g/mol. The van der Waals surface area contributed by atoms with Crippen molar-refractivity contribution in [2.24, 2.45) is 0 Å². The van der Waals surface area contributed by atoms with Gasteiger partial charge in [0, 0.05) is 24.7 Å². The zero-order chi connectivity index (χ0) is 16.3. The summed E-state index contributed by atoms with van der Waals surface area (Å²) in [6.45, 7) is 3.40. The Morgan fingerprint density at radius 3 is 2.77 bits per heavy atom. The number of carboxylic acids is 1. The molecule has 0 amide bonds. The summed E-state index contributed by atoms with van der Waals surface area (Å²) in [7, 11) is 3.92. The van der Waals surface area contributed by atoms with Crippen molar-refractivity contribution >= 4 is 5.97 Å². The summed E-state index contributed by atoms with van der Waals surface area (Å²) in [6.07, 6.45) is 0.592. The molecule has 1 aliphatic rings. The minimum Gasteiger partial charge on any atom is -0.504 e. The van der Waals surface area contributed by atoms with Crippen molar-refractivity contribution in [1.82, 2.24) is 9.80 Å². The molecule has 0 spiro atoms. The largest absolute Gasteiger partial charge is 0.504 e. The van der Waals surface area contributed by atoms with Crippen LogP contribution < -0.4 is 4.74 Å². The van der Waals surface area contributed by atoms with Crippen LogP contribution in [0.3, 0.4) is 0 Å². The number of aromatic hydroxyl groups is 1. The fourth-order valence-electron chi connectivity index (χ4n) is 2.87. The minimum absolute atomic E-state index is 0.0989. The molecule has 2 N–H and O–H groups in total. The van der Waals surface area contributed by atoms with Crippen molar-refractivity contribution in [3.05, 3.63) is 23.8 Å². The Labute approximate surface area is 130 Å². The summed E-state index contributed by atoms with van der Waals surface area (Å²) in [5.74, 6) is -0.276. The number of carboxylic acid groups (broad SMARTS) is 1. The van der Waals surface area contributed by atoms with Crippen LogP contribution in [-0.2, 0) is 11.3 Å². The van der Waals surface area contributed by atoms with E-state index in [0.717, 1.165) is 0 Å². The molecule has 1 saturated heterocycles. The van der Waals surface area contributed by atoms with E-state index in [2.05, 4.69) is 0 Å². The van der Waals surface area contributed by atoms with Crippen LogP contribution in [0.25, 0.3) is 0 Å². The fraction of sp³-hybridized carbons (Fsp3) is 0.562. The highest BCUT2D eigenvalue weighted by Crippen LogP contribution is 2.32. The Morgan fingerprint density at radius 1 is 1.45 bits per heavy atom. The quantitative estimate of drug-likeness (QED) is 0.827. The van der Waals surface area contributed by atoms with E-state index in [0.29, 0.717) is 37.4 Å². The summed E-state index contributed by atoms with van der Waals surface area (Å²) in [5.41, 5.74) is 0.691. The van der Waals surface area contributed by atoms with Crippen molar-refractivity contribution in [2.45, 2.75) is 32.0 Å². The highest BCUT2D eigenvalue weighted by molar-refractivity contribution is 5.74. The fourth-order valence-corrected chi connectivity index (χ4v) is 2.87. The van der Waals surface area contributed by atoms with Gasteiger partial charge >= 0.3 is 5.97 Å². The smallest absolute Gasteiger partial charge is 0.320 e. The Hall–Kier alpha value is -1.79. The Balaban J connectivity index is 2.18. The molecule has 22 heavy (non-hydrogen) atoms. The maximum atomic E-state index is 11.5. The van der Waals surface area contributed by atoms with Gasteiger partial charge in [0.15, 0.2) is 11.5 Å². The number of phenolic OH excluding ortho intramolecular Hbond substituents is 1. The van der Waals surface area contributed by atoms with Gasteiger partial charge in [-0.05, 0) is 33.5 Å². The number of para-hydroxylation sites is 1. The van der Waals surface area contributed by atoms with Crippen LogP contribution in [0.5, 0.6) is 11.5 Å². The first-order valence-electron chi connectivity index (χ1n) is 7.51. The SMILES string of the molecule is CCOc1cccc(CN2C[C@H](N(C)C)C[C@H]2C(=O)O)c1O. The van der Waals surface area contributed by atoms with E-state index < -0.39 is 12.0 Å². The summed E-state index contributed by atoms with van der Waals surface area (Å²) in [6, 6.07) is 5.01. The molecule has 1 fully saturated rings. The predicted molar refractivity (Wildman–Crippen MR) is 83.2 cm³/mol. The molecule has 0 aromatic heterocycles. The third-order valence-electron chi connectivity index (χ3n) is 4.15. The second-order valence-corrected chi connectivity index (χ2v) is 5.83. The molecule has 6 nitrogen and oxygen atoms in total. The van der Waals surface area contributed by atoms with Gasteiger partial charge in [0.1, 0.15) is 6.04 Å². The van der Waals surface area contributed by atoms with Crippen LogP contribution in [0, 0.1) is 0 Å². The zero-order valence-electron chi connectivity index (χ0n) is 13.3. The van der Waals surface area contributed by atoms with E-state index in [1.807, 2.05) is 36.9 Å². The van der Waals surface area contributed by atoms with Crippen molar-refractivity contribution < 1.29 is 19.7 Å². The predicted octanol–water partition coefficient (Wildman–Crippen LogP) is 1.38. The zero-order valence-corrected chi connectivity index (χ0v) is 13.3. The number of carbonyl (C=O) groups is 1. The lowest BCUT2D eigenvalue weighted by Crippen LogP contribution is -2.35. The summed E-state index contributed by atoms with van der Waals surface area (Å²) in [4.78, 5) is 15.4. The summed E-state index contributed by atoms with van der Waals surface area (Å²) < 4.78 is 5.38. The number of hydrogen-bond acceptors (Lipinski definition) is 5. The van der Waals surface area contributed by atoms with E-state index in [4.69, 9.17) is 4.74 Å². The molecule has 0 saturated carbocycles. The lowest BCUT2D eigenvalue weighted by molar-refractivity contribution is -0.142. The summed E-state index contributed by atoms with van der Waals surface area (Å²) in [5, 5.41) is 19.7. The number of nitrogens with zero attached hydrogens (tertiary/aromatic N) is 2. The first kappa shape index (κ1) is 16.6. The van der Waals surface area contributed by atoms with Gasteiger partial charge < -0.3 is 19.8 Å². The minimum atomic E-state index is -0.815. The van der Waals surface area contributed by atoms with Gasteiger partial charge in [-0.2, -0.15) is 0 Å². The lowest BCUT2D eigenvalue weighted by Gasteiger charge is -2.22. The molecule has 0 aliphatic carbocycles. The molecule has 0 bridgehead atoms. The second-order valence-electron chi connectivity index (χ2n) is 5.83. The van der Waals surface area contributed by atoms with Crippen molar-refractivity contribution in [3.8, 4) is 11.5 Å². The molecule has 1 aromatic rings. The highest BCUT2D eigenvalue weighted by Gasteiger charge is 2.37. The van der Waals surface area contributed by atoms with Gasteiger partial charge in [-0.25, -0.2) is 0 Å². The normalized spacial score (nSPS) is 22.2. The van der Waals surface area contributed by atoms with Gasteiger partial charge in [-0.3, -0.25) is 9.69 Å². The molecular formula is C16H24N2O4. The number of likely N-dealkylation sites (N-methyl/N-ethyl adjacent to an activating group) is 1. The third-order valence-corrected chi connectivity index (χ3v) is 4.15. The molecule has 2 atom stereocenters. The number of benzene rings is 1. The molecule has 1 aliphatic heterocycles. The number of aliphatic carboxylic acids is 1. The Bertz CT molecular complexity index is 533. The maximum Gasteiger partial charge on any atom is 0.320 e. The van der Waals surface area contributed by atoms with Crippen molar-refractivity contribution in [1.29, 1.82) is 0 Å². The number of hydrogen-bond donors (Lipinski definition) is 2. The van der Waals surface area contributed by atoms with Crippen LogP contribution in [0.2, 0.25) is 0 Å². The van der Waals surface area contributed by atoms with Gasteiger partial charge in [-0.15, -0.1) is 0 Å².